The largest absolute Gasteiger partial charge is 0.516 e. The van der Waals surface area contributed by atoms with Crippen LogP contribution in [0.2, 0.25) is 0 Å². The Morgan fingerprint density at radius 3 is 2.10 bits per heavy atom. The molecule has 0 unspecified atom stereocenters. The summed E-state index contributed by atoms with van der Waals surface area (Å²) in [5.41, 5.74) is -5.14. The summed E-state index contributed by atoms with van der Waals surface area (Å²) < 4.78 is 60.3. The van der Waals surface area contributed by atoms with Crippen molar-refractivity contribution in [3.05, 3.63) is 23.3 Å². The van der Waals surface area contributed by atoms with Crippen molar-refractivity contribution in [3.63, 3.8) is 0 Å². The van der Waals surface area contributed by atoms with Crippen molar-refractivity contribution in [2.45, 2.75) is 19.4 Å². The first-order chi connectivity index (χ1) is 8.94. The first kappa shape index (κ1) is 16.1. The molecule has 0 radical (unpaired) electrons. The second-order valence-corrected chi connectivity index (χ2v) is 5.64. The van der Waals surface area contributed by atoms with E-state index in [1.54, 1.807) is 0 Å². The number of benzene rings is 1. The summed E-state index contributed by atoms with van der Waals surface area (Å²) in [7, 11) is -5.56. The summed E-state index contributed by atoms with van der Waals surface area (Å²) in [5.74, 6) is 0. The Kier molecular flexibility index (Phi) is 4.18. The zero-order valence-corrected chi connectivity index (χ0v) is 11.2. The molecule has 10 heteroatoms. The molecule has 6 nitrogen and oxygen atoms in total. The first-order valence-corrected chi connectivity index (χ1v) is 6.62. The molecule has 0 spiro atoms. The van der Waals surface area contributed by atoms with E-state index in [4.69, 9.17) is 5.11 Å². The topological polar surface area (TPSA) is 95.5 Å². The van der Waals surface area contributed by atoms with Crippen LogP contribution < -0.4 is 10.0 Å². The lowest BCUT2D eigenvalue weighted by atomic mass is 10.1. The number of amides is 1. The maximum Gasteiger partial charge on any atom is 0.516 e. The molecule has 1 rings (SSSR count). The number of anilines is 2. The van der Waals surface area contributed by atoms with E-state index in [2.05, 4.69) is 0 Å². The van der Waals surface area contributed by atoms with E-state index in [-0.39, 0.29) is 16.9 Å². The van der Waals surface area contributed by atoms with E-state index in [0.717, 1.165) is 6.07 Å². The fourth-order valence-electron chi connectivity index (χ4n) is 1.41. The van der Waals surface area contributed by atoms with Crippen LogP contribution >= 0.6 is 0 Å². The molecule has 1 amide bonds. The molecular formula is C10H11F3N2O4S. The Hall–Kier alpha value is -1.97. The van der Waals surface area contributed by atoms with Crippen molar-refractivity contribution < 1.29 is 31.5 Å². The van der Waals surface area contributed by atoms with Gasteiger partial charge < -0.3 is 5.11 Å². The summed E-state index contributed by atoms with van der Waals surface area (Å²) in [5, 5.41) is 10.5. The lowest BCUT2D eigenvalue weighted by Crippen LogP contribution is -2.30. The molecule has 0 bridgehead atoms. The predicted molar refractivity (Wildman–Crippen MR) is 66.2 cm³/mol. The fraction of sp³-hybridized carbons (Fsp3) is 0.300. The maximum absolute atomic E-state index is 12.3. The molecule has 20 heavy (non-hydrogen) atoms. The molecule has 0 saturated carbocycles. The zero-order valence-electron chi connectivity index (χ0n) is 10.4. The van der Waals surface area contributed by atoms with Crippen molar-refractivity contribution >= 4 is 27.5 Å². The van der Waals surface area contributed by atoms with E-state index in [9.17, 15) is 26.4 Å². The van der Waals surface area contributed by atoms with Crippen molar-refractivity contribution in [1.82, 2.24) is 0 Å². The number of hydrogen-bond acceptors (Lipinski definition) is 3. The maximum atomic E-state index is 12.3. The Morgan fingerprint density at radius 2 is 1.65 bits per heavy atom. The number of rotatable bonds is 3. The van der Waals surface area contributed by atoms with Gasteiger partial charge in [0.15, 0.2) is 0 Å². The second kappa shape index (κ2) is 5.19. The van der Waals surface area contributed by atoms with Crippen LogP contribution in [0.3, 0.4) is 0 Å². The third kappa shape index (κ3) is 3.53. The van der Waals surface area contributed by atoms with Gasteiger partial charge in [-0.05, 0) is 31.0 Å². The number of sulfonamides is 1. The number of hydrogen-bond donors (Lipinski definition) is 3. The average Bonchev–Trinajstić information content (AvgIpc) is 2.22. The van der Waals surface area contributed by atoms with E-state index < -0.39 is 21.6 Å². The molecular weight excluding hydrogens is 301 g/mol. The summed E-state index contributed by atoms with van der Waals surface area (Å²) in [6.45, 7) is 2.92. The van der Waals surface area contributed by atoms with Crippen LogP contribution in [0.4, 0.5) is 29.3 Å². The molecule has 112 valence electrons. The SMILES string of the molecule is Cc1cc(C)c(NS(=O)(=O)C(F)(F)F)cc1NC(=O)O. The number of aryl methyl sites for hydroxylation is 2. The van der Waals surface area contributed by atoms with Crippen LogP contribution in [0.15, 0.2) is 12.1 Å². The van der Waals surface area contributed by atoms with Gasteiger partial charge in [0.2, 0.25) is 0 Å². The van der Waals surface area contributed by atoms with Gasteiger partial charge in [0.25, 0.3) is 0 Å². The Bertz CT molecular complexity index is 641. The molecule has 0 aliphatic rings. The summed E-state index contributed by atoms with van der Waals surface area (Å²) in [6, 6.07) is 2.35. The quantitative estimate of drug-likeness (QED) is 0.799. The van der Waals surface area contributed by atoms with Gasteiger partial charge in [-0.25, -0.2) is 4.79 Å². The van der Waals surface area contributed by atoms with Crippen LogP contribution in [0, 0.1) is 13.8 Å². The molecule has 0 saturated heterocycles. The smallest absolute Gasteiger partial charge is 0.465 e. The minimum Gasteiger partial charge on any atom is -0.465 e. The summed E-state index contributed by atoms with van der Waals surface area (Å²) >= 11 is 0. The van der Waals surface area contributed by atoms with Crippen LogP contribution in [0.1, 0.15) is 11.1 Å². The molecule has 0 aromatic heterocycles. The van der Waals surface area contributed by atoms with Gasteiger partial charge in [-0.3, -0.25) is 10.0 Å². The highest BCUT2D eigenvalue weighted by molar-refractivity contribution is 7.93. The summed E-state index contributed by atoms with van der Waals surface area (Å²) in [6.07, 6.45) is -1.42. The Morgan fingerprint density at radius 1 is 1.15 bits per heavy atom. The third-order valence-corrected chi connectivity index (χ3v) is 3.46. The van der Waals surface area contributed by atoms with Crippen LogP contribution in [-0.2, 0) is 10.0 Å². The van der Waals surface area contributed by atoms with E-state index in [1.165, 1.54) is 24.6 Å². The average molecular weight is 312 g/mol. The highest BCUT2D eigenvalue weighted by Gasteiger charge is 2.46. The molecule has 0 fully saturated rings. The van der Waals surface area contributed by atoms with Crippen molar-refractivity contribution in [2.75, 3.05) is 10.0 Å². The van der Waals surface area contributed by atoms with Gasteiger partial charge in [-0.15, -0.1) is 0 Å². The van der Waals surface area contributed by atoms with Gasteiger partial charge in [0, 0.05) is 5.69 Å². The molecule has 0 atom stereocenters. The lowest BCUT2D eigenvalue weighted by molar-refractivity contribution is -0.0429. The number of halogens is 3. The summed E-state index contributed by atoms with van der Waals surface area (Å²) in [4.78, 5) is 10.5. The molecule has 3 N–H and O–H groups in total. The highest BCUT2D eigenvalue weighted by Crippen LogP contribution is 2.30. The van der Waals surface area contributed by atoms with Gasteiger partial charge in [-0.1, -0.05) is 6.07 Å². The van der Waals surface area contributed by atoms with Crippen LogP contribution in [0.5, 0.6) is 0 Å². The lowest BCUT2D eigenvalue weighted by Gasteiger charge is -2.15. The highest BCUT2D eigenvalue weighted by atomic mass is 32.2. The number of carbonyl (C=O) groups is 1. The number of alkyl halides is 3. The molecule has 1 aromatic rings. The monoisotopic (exact) mass is 312 g/mol. The predicted octanol–water partition coefficient (Wildman–Crippen LogP) is 2.65. The van der Waals surface area contributed by atoms with Gasteiger partial charge in [-0.2, -0.15) is 21.6 Å². The molecule has 0 aliphatic heterocycles. The molecule has 0 heterocycles. The van der Waals surface area contributed by atoms with Crippen LogP contribution in [-0.4, -0.2) is 25.1 Å². The first-order valence-electron chi connectivity index (χ1n) is 5.14. The van der Waals surface area contributed by atoms with E-state index >= 15 is 0 Å². The van der Waals surface area contributed by atoms with Crippen molar-refractivity contribution in [3.8, 4) is 0 Å². The Balaban J connectivity index is 3.23. The van der Waals surface area contributed by atoms with Gasteiger partial charge in [0.1, 0.15) is 0 Å². The van der Waals surface area contributed by atoms with Gasteiger partial charge >= 0.3 is 21.6 Å². The van der Waals surface area contributed by atoms with E-state index in [0.29, 0.717) is 5.56 Å². The van der Waals surface area contributed by atoms with Gasteiger partial charge in [0.05, 0.1) is 5.69 Å². The van der Waals surface area contributed by atoms with Crippen molar-refractivity contribution in [1.29, 1.82) is 0 Å². The minimum absolute atomic E-state index is 0.0111. The normalized spacial score (nSPS) is 12.1. The van der Waals surface area contributed by atoms with Crippen molar-refractivity contribution in [2.24, 2.45) is 0 Å². The van der Waals surface area contributed by atoms with Crippen LogP contribution in [0.25, 0.3) is 0 Å². The third-order valence-electron chi connectivity index (χ3n) is 2.36. The fourth-order valence-corrected chi connectivity index (χ4v) is 2.04. The second-order valence-electron chi connectivity index (χ2n) is 3.96. The standard InChI is InChI=1S/C10H11F3N2O4S/c1-5-3-6(2)8(4-7(5)14-9(16)17)15-20(18,19)10(11,12)13/h3-4,14-15H,1-2H3,(H,16,17). The van der Waals surface area contributed by atoms with E-state index in [1.807, 2.05) is 5.32 Å². The molecule has 0 aliphatic carbocycles. The number of carboxylic acid groups (broad SMARTS) is 1. The minimum atomic E-state index is -5.56. The number of nitrogens with one attached hydrogen (secondary N) is 2. The zero-order chi connectivity index (χ0) is 15.7. The Labute approximate surface area is 112 Å². The molecule has 1 aromatic carbocycles.